The van der Waals surface area contributed by atoms with Crippen LogP contribution in [0.4, 0.5) is 0 Å². The lowest BCUT2D eigenvalue weighted by Gasteiger charge is -1.97. The molecule has 6 heteroatoms. The third-order valence-corrected chi connectivity index (χ3v) is 3.65. The van der Waals surface area contributed by atoms with Crippen molar-refractivity contribution >= 4 is 11.3 Å². The number of aryl methyl sites for hydroxylation is 1. The lowest BCUT2D eigenvalue weighted by Crippen LogP contribution is -2.12. The zero-order valence-corrected chi connectivity index (χ0v) is 11.4. The predicted molar refractivity (Wildman–Crippen MR) is 76.9 cm³/mol. The van der Waals surface area contributed by atoms with Crippen LogP contribution < -0.4 is 5.56 Å². The molecule has 0 amide bonds. The maximum Gasteiger partial charge on any atom is 0.273 e. The Bertz CT molecular complexity index is 866. The van der Waals surface area contributed by atoms with Crippen LogP contribution in [0, 0.1) is 18.3 Å². The minimum Gasteiger partial charge on any atom is -0.293 e. The van der Waals surface area contributed by atoms with Gasteiger partial charge in [0, 0.05) is 22.7 Å². The van der Waals surface area contributed by atoms with Crippen LogP contribution in [0.5, 0.6) is 0 Å². The Morgan fingerprint density at radius 3 is 2.95 bits per heavy atom. The zero-order chi connectivity index (χ0) is 14.1. The molecule has 0 aliphatic heterocycles. The molecule has 0 saturated heterocycles. The maximum absolute atomic E-state index is 11.7. The number of rotatable bonds is 2. The molecule has 2 heterocycles. The van der Waals surface area contributed by atoms with Crippen LogP contribution in [0.25, 0.3) is 16.4 Å². The summed E-state index contributed by atoms with van der Waals surface area (Å²) in [6.07, 6.45) is 0. The Morgan fingerprint density at radius 2 is 2.25 bits per heavy atom. The van der Waals surface area contributed by atoms with Crippen LogP contribution in [0.15, 0.2) is 40.5 Å². The van der Waals surface area contributed by atoms with Crippen molar-refractivity contribution < 1.29 is 0 Å². The SMILES string of the molecule is Cc1cc(=O)n(-c2nc(-c3cccc(C#N)c3)cs2)[nH]1. The topological polar surface area (TPSA) is 74.5 Å². The fourth-order valence-electron chi connectivity index (χ4n) is 1.90. The summed E-state index contributed by atoms with van der Waals surface area (Å²) in [5.41, 5.74) is 2.86. The van der Waals surface area contributed by atoms with Crippen molar-refractivity contribution in [1.29, 1.82) is 5.26 Å². The van der Waals surface area contributed by atoms with Crippen molar-refractivity contribution in [2.45, 2.75) is 6.92 Å². The van der Waals surface area contributed by atoms with Gasteiger partial charge in [0.05, 0.1) is 17.3 Å². The minimum absolute atomic E-state index is 0.130. The van der Waals surface area contributed by atoms with Gasteiger partial charge in [0.1, 0.15) is 0 Å². The van der Waals surface area contributed by atoms with Gasteiger partial charge >= 0.3 is 0 Å². The third kappa shape index (κ3) is 2.15. The Balaban J connectivity index is 2.04. The molecule has 1 N–H and O–H groups in total. The molecule has 98 valence electrons. The molecule has 0 aliphatic rings. The van der Waals surface area contributed by atoms with E-state index in [-0.39, 0.29) is 5.56 Å². The van der Waals surface area contributed by atoms with Crippen LogP contribution in [0.3, 0.4) is 0 Å². The van der Waals surface area contributed by atoms with Gasteiger partial charge in [-0.1, -0.05) is 12.1 Å². The van der Waals surface area contributed by atoms with E-state index in [0.717, 1.165) is 17.0 Å². The molecule has 2 aromatic heterocycles. The second-order valence-electron chi connectivity index (χ2n) is 4.32. The van der Waals surface area contributed by atoms with E-state index >= 15 is 0 Å². The maximum atomic E-state index is 11.7. The van der Waals surface area contributed by atoms with Crippen molar-refractivity contribution in [3.05, 3.63) is 57.3 Å². The number of hydrogen-bond acceptors (Lipinski definition) is 4. The summed E-state index contributed by atoms with van der Waals surface area (Å²) in [7, 11) is 0. The number of nitrogens with one attached hydrogen (secondary N) is 1. The average molecular weight is 282 g/mol. The first-order valence-electron chi connectivity index (χ1n) is 5.92. The van der Waals surface area contributed by atoms with E-state index in [2.05, 4.69) is 16.2 Å². The Labute approximate surface area is 118 Å². The second-order valence-corrected chi connectivity index (χ2v) is 5.16. The molecule has 0 radical (unpaired) electrons. The summed E-state index contributed by atoms with van der Waals surface area (Å²) in [6.45, 7) is 1.82. The number of nitrogens with zero attached hydrogens (tertiary/aromatic N) is 3. The molecule has 0 bridgehead atoms. The van der Waals surface area contributed by atoms with Gasteiger partial charge in [-0.25, -0.2) is 4.98 Å². The van der Waals surface area contributed by atoms with Gasteiger partial charge in [-0.15, -0.1) is 11.3 Å². The molecular formula is C14H10N4OS. The van der Waals surface area contributed by atoms with E-state index in [0.29, 0.717) is 10.7 Å². The Morgan fingerprint density at radius 1 is 1.40 bits per heavy atom. The number of aromatic nitrogens is 3. The normalized spacial score (nSPS) is 10.4. The largest absolute Gasteiger partial charge is 0.293 e. The van der Waals surface area contributed by atoms with Crippen molar-refractivity contribution in [1.82, 2.24) is 14.8 Å². The number of aromatic amines is 1. The van der Waals surface area contributed by atoms with Crippen molar-refractivity contribution in [2.24, 2.45) is 0 Å². The molecule has 3 aromatic rings. The van der Waals surface area contributed by atoms with E-state index in [9.17, 15) is 4.79 Å². The molecule has 0 fully saturated rings. The lowest BCUT2D eigenvalue weighted by molar-refractivity contribution is 0.827. The molecule has 0 aliphatic carbocycles. The van der Waals surface area contributed by atoms with Gasteiger partial charge in [-0.2, -0.15) is 9.94 Å². The summed E-state index contributed by atoms with van der Waals surface area (Å²) in [5, 5.41) is 14.3. The summed E-state index contributed by atoms with van der Waals surface area (Å²) in [4.78, 5) is 16.2. The number of H-pyrrole nitrogens is 1. The number of nitriles is 1. The first-order chi connectivity index (χ1) is 9.67. The highest BCUT2D eigenvalue weighted by Gasteiger charge is 2.09. The molecule has 0 unspecified atom stereocenters. The summed E-state index contributed by atoms with van der Waals surface area (Å²) in [5.74, 6) is 0. The lowest BCUT2D eigenvalue weighted by atomic mass is 10.1. The van der Waals surface area contributed by atoms with E-state index in [1.54, 1.807) is 12.1 Å². The quantitative estimate of drug-likeness (QED) is 0.784. The van der Waals surface area contributed by atoms with Crippen molar-refractivity contribution in [3.8, 4) is 22.5 Å². The Kier molecular flexibility index (Phi) is 2.97. The predicted octanol–water partition coefficient (Wildman–Crippen LogP) is 2.47. The average Bonchev–Trinajstić information content (AvgIpc) is 3.05. The van der Waals surface area contributed by atoms with E-state index in [1.807, 2.05) is 24.4 Å². The standard InChI is InChI=1S/C14H10N4OS/c1-9-5-13(19)18(17-9)14-16-12(8-20-14)11-4-2-3-10(6-11)7-15/h2-6,8,17H,1H3. The zero-order valence-electron chi connectivity index (χ0n) is 10.6. The highest BCUT2D eigenvalue weighted by molar-refractivity contribution is 7.12. The molecule has 20 heavy (non-hydrogen) atoms. The molecular weight excluding hydrogens is 272 g/mol. The molecule has 0 saturated carbocycles. The molecule has 1 aromatic carbocycles. The van der Waals surface area contributed by atoms with E-state index in [1.165, 1.54) is 22.1 Å². The summed E-state index contributed by atoms with van der Waals surface area (Å²) < 4.78 is 1.41. The van der Waals surface area contributed by atoms with Crippen LogP contribution in [-0.2, 0) is 0 Å². The van der Waals surface area contributed by atoms with Crippen LogP contribution in [0.1, 0.15) is 11.3 Å². The Hall–Kier alpha value is -2.65. The minimum atomic E-state index is -0.130. The first-order valence-corrected chi connectivity index (χ1v) is 6.80. The number of benzene rings is 1. The van der Waals surface area contributed by atoms with Gasteiger partial charge in [0.2, 0.25) is 5.13 Å². The molecule has 3 rings (SSSR count). The van der Waals surface area contributed by atoms with Crippen LogP contribution >= 0.6 is 11.3 Å². The van der Waals surface area contributed by atoms with Gasteiger partial charge < -0.3 is 0 Å². The number of hydrogen-bond donors (Lipinski definition) is 1. The van der Waals surface area contributed by atoms with Gasteiger partial charge in [0.25, 0.3) is 5.56 Å². The second kappa shape index (κ2) is 4.79. The fourth-order valence-corrected chi connectivity index (χ4v) is 2.70. The summed E-state index contributed by atoms with van der Waals surface area (Å²) >= 11 is 1.38. The monoisotopic (exact) mass is 282 g/mol. The third-order valence-electron chi connectivity index (χ3n) is 2.82. The van der Waals surface area contributed by atoms with Crippen LogP contribution in [0.2, 0.25) is 0 Å². The highest BCUT2D eigenvalue weighted by atomic mass is 32.1. The van der Waals surface area contributed by atoms with Gasteiger partial charge in [-0.3, -0.25) is 9.89 Å². The van der Waals surface area contributed by atoms with Crippen molar-refractivity contribution in [3.63, 3.8) is 0 Å². The van der Waals surface area contributed by atoms with Crippen LogP contribution in [-0.4, -0.2) is 14.8 Å². The number of thiazole rings is 1. The smallest absolute Gasteiger partial charge is 0.273 e. The van der Waals surface area contributed by atoms with Crippen molar-refractivity contribution in [2.75, 3.05) is 0 Å². The first kappa shape index (κ1) is 12.4. The molecule has 5 nitrogen and oxygen atoms in total. The van der Waals surface area contributed by atoms with Gasteiger partial charge in [0.15, 0.2) is 0 Å². The highest BCUT2D eigenvalue weighted by Crippen LogP contribution is 2.23. The fraction of sp³-hybridized carbons (Fsp3) is 0.0714. The molecule has 0 atom stereocenters. The molecule has 0 spiro atoms. The summed E-state index contributed by atoms with van der Waals surface area (Å²) in [6, 6.07) is 10.9. The van der Waals surface area contributed by atoms with E-state index < -0.39 is 0 Å². The van der Waals surface area contributed by atoms with E-state index in [4.69, 9.17) is 5.26 Å². The van der Waals surface area contributed by atoms with Gasteiger partial charge in [-0.05, 0) is 19.1 Å².